The summed E-state index contributed by atoms with van der Waals surface area (Å²) in [7, 11) is 1.53. The van der Waals surface area contributed by atoms with E-state index < -0.39 is 5.91 Å². The van der Waals surface area contributed by atoms with Gasteiger partial charge in [-0.05, 0) is 35.9 Å². The summed E-state index contributed by atoms with van der Waals surface area (Å²) in [5, 5.41) is 11.2. The maximum atomic E-state index is 12.3. The number of anilines is 1. The SMILES string of the molecule is COc1ccccc1NC(=O)c1cccc(C=CC(=O)NO)c1. The zero-order valence-electron chi connectivity index (χ0n) is 12.4. The first-order valence-electron chi connectivity index (χ1n) is 6.80. The first-order valence-corrected chi connectivity index (χ1v) is 6.80. The Morgan fingerprint density at radius 2 is 1.91 bits per heavy atom. The smallest absolute Gasteiger partial charge is 0.267 e. The standard InChI is InChI=1S/C17H16N2O4/c1-23-15-8-3-2-7-14(15)18-17(21)13-6-4-5-12(11-13)9-10-16(20)19-22/h2-11,22H,1H3,(H,18,21)(H,19,20). The summed E-state index contributed by atoms with van der Waals surface area (Å²) in [6.07, 6.45) is 2.66. The zero-order chi connectivity index (χ0) is 16.7. The van der Waals surface area contributed by atoms with Crippen LogP contribution in [0.1, 0.15) is 15.9 Å². The molecular weight excluding hydrogens is 296 g/mol. The van der Waals surface area contributed by atoms with E-state index in [0.29, 0.717) is 22.6 Å². The number of methoxy groups -OCH3 is 1. The van der Waals surface area contributed by atoms with E-state index in [1.807, 2.05) is 6.07 Å². The molecule has 0 saturated heterocycles. The minimum absolute atomic E-state index is 0.295. The van der Waals surface area contributed by atoms with Gasteiger partial charge in [-0.15, -0.1) is 0 Å². The molecule has 0 saturated carbocycles. The van der Waals surface area contributed by atoms with E-state index in [-0.39, 0.29) is 5.91 Å². The van der Waals surface area contributed by atoms with E-state index in [4.69, 9.17) is 9.94 Å². The van der Waals surface area contributed by atoms with Gasteiger partial charge in [0.15, 0.2) is 0 Å². The van der Waals surface area contributed by atoms with Crippen molar-refractivity contribution >= 4 is 23.6 Å². The van der Waals surface area contributed by atoms with E-state index in [2.05, 4.69) is 5.32 Å². The van der Waals surface area contributed by atoms with Crippen LogP contribution in [0.25, 0.3) is 6.08 Å². The van der Waals surface area contributed by atoms with Gasteiger partial charge in [-0.25, -0.2) is 5.48 Å². The van der Waals surface area contributed by atoms with Gasteiger partial charge in [0.1, 0.15) is 5.75 Å². The summed E-state index contributed by atoms with van der Waals surface area (Å²) >= 11 is 0. The number of hydroxylamine groups is 1. The van der Waals surface area contributed by atoms with Gasteiger partial charge < -0.3 is 10.1 Å². The minimum atomic E-state index is -0.645. The zero-order valence-corrected chi connectivity index (χ0v) is 12.4. The number of hydrogen-bond donors (Lipinski definition) is 3. The van der Waals surface area contributed by atoms with E-state index >= 15 is 0 Å². The lowest BCUT2D eigenvalue weighted by atomic mass is 10.1. The average Bonchev–Trinajstić information content (AvgIpc) is 2.60. The first kappa shape index (κ1) is 16.3. The van der Waals surface area contributed by atoms with Crippen molar-refractivity contribution in [3.63, 3.8) is 0 Å². The predicted molar refractivity (Wildman–Crippen MR) is 86.4 cm³/mol. The van der Waals surface area contributed by atoms with Gasteiger partial charge in [0, 0.05) is 11.6 Å². The molecule has 3 N–H and O–H groups in total. The fourth-order valence-corrected chi connectivity index (χ4v) is 1.94. The van der Waals surface area contributed by atoms with Gasteiger partial charge in [0.05, 0.1) is 12.8 Å². The van der Waals surface area contributed by atoms with Crippen molar-refractivity contribution in [1.82, 2.24) is 5.48 Å². The minimum Gasteiger partial charge on any atom is -0.495 e. The third-order valence-electron chi connectivity index (χ3n) is 3.04. The topological polar surface area (TPSA) is 87.7 Å². The van der Waals surface area contributed by atoms with Crippen LogP contribution in [-0.4, -0.2) is 24.1 Å². The molecule has 0 radical (unpaired) electrons. The molecule has 2 aromatic rings. The Morgan fingerprint density at radius 1 is 1.13 bits per heavy atom. The van der Waals surface area contributed by atoms with E-state index in [0.717, 1.165) is 6.08 Å². The number of nitrogens with one attached hydrogen (secondary N) is 2. The number of ether oxygens (including phenoxy) is 1. The summed E-state index contributed by atoms with van der Waals surface area (Å²) < 4.78 is 5.19. The molecule has 0 spiro atoms. The predicted octanol–water partition coefficient (Wildman–Crippen LogP) is 2.47. The summed E-state index contributed by atoms with van der Waals surface area (Å²) in [5.41, 5.74) is 3.16. The molecule has 0 aliphatic rings. The number of benzene rings is 2. The van der Waals surface area contributed by atoms with Crippen molar-refractivity contribution in [3.05, 3.63) is 65.7 Å². The van der Waals surface area contributed by atoms with Gasteiger partial charge in [0.25, 0.3) is 11.8 Å². The largest absolute Gasteiger partial charge is 0.495 e. The Bertz CT molecular complexity index is 741. The molecule has 0 aliphatic heterocycles. The Morgan fingerprint density at radius 3 is 2.65 bits per heavy atom. The highest BCUT2D eigenvalue weighted by molar-refractivity contribution is 6.05. The Labute approximate surface area is 133 Å². The van der Waals surface area contributed by atoms with Crippen LogP contribution in [0, 0.1) is 0 Å². The monoisotopic (exact) mass is 312 g/mol. The second kappa shape index (κ2) is 7.77. The van der Waals surface area contributed by atoms with Crippen LogP contribution in [0.2, 0.25) is 0 Å². The Kier molecular flexibility index (Phi) is 5.49. The number of para-hydroxylation sites is 2. The van der Waals surface area contributed by atoms with Crippen LogP contribution in [0.5, 0.6) is 5.75 Å². The van der Waals surface area contributed by atoms with Gasteiger partial charge in [-0.3, -0.25) is 14.8 Å². The Hall–Kier alpha value is -3.12. The molecule has 0 fully saturated rings. The molecule has 23 heavy (non-hydrogen) atoms. The van der Waals surface area contributed by atoms with Crippen LogP contribution in [0.15, 0.2) is 54.6 Å². The van der Waals surface area contributed by atoms with Crippen LogP contribution in [0.3, 0.4) is 0 Å². The van der Waals surface area contributed by atoms with Crippen molar-refractivity contribution in [2.75, 3.05) is 12.4 Å². The van der Waals surface area contributed by atoms with Gasteiger partial charge in [0.2, 0.25) is 0 Å². The van der Waals surface area contributed by atoms with Crippen LogP contribution < -0.4 is 15.5 Å². The van der Waals surface area contributed by atoms with Crippen LogP contribution in [0.4, 0.5) is 5.69 Å². The molecule has 2 amide bonds. The molecule has 0 aromatic heterocycles. The third kappa shape index (κ3) is 4.42. The summed E-state index contributed by atoms with van der Waals surface area (Å²) in [4.78, 5) is 23.3. The molecular formula is C17H16N2O4. The summed E-state index contributed by atoms with van der Waals surface area (Å²) in [6, 6.07) is 13.8. The molecule has 0 unspecified atom stereocenters. The van der Waals surface area contributed by atoms with Crippen molar-refractivity contribution in [1.29, 1.82) is 0 Å². The highest BCUT2D eigenvalue weighted by atomic mass is 16.5. The maximum absolute atomic E-state index is 12.3. The van der Waals surface area contributed by atoms with E-state index in [1.165, 1.54) is 18.7 Å². The molecule has 0 heterocycles. The second-order valence-electron chi connectivity index (χ2n) is 4.59. The van der Waals surface area contributed by atoms with Gasteiger partial charge >= 0.3 is 0 Å². The average molecular weight is 312 g/mol. The molecule has 118 valence electrons. The number of rotatable bonds is 5. The molecule has 6 nitrogen and oxygen atoms in total. The summed E-state index contributed by atoms with van der Waals surface area (Å²) in [5.74, 6) is -0.373. The highest BCUT2D eigenvalue weighted by Gasteiger charge is 2.09. The van der Waals surface area contributed by atoms with Crippen molar-refractivity contribution in [3.8, 4) is 5.75 Å². The fourth-order valence-electron chi connectivity index (χ4n) is 1.94. The van der Waals surface area contributed by atoms with Crippen molar-refractivity contribution in [2.24, 2.45) is 0 Å². The van der Waals surface area contributed by atoms with E-state index in [9.17, 15) is 9.59 Å². The lowest BCUT2D eigenvalue weighted by Gasteiger charge is -2.10. The number of amides is 2. The van der Waals surface area contributed by atoms with Crippen molar-refractivity contribution in [2.45, 2.75) is 0 Å². The van der Waals surface area contributed by atoms with E-state index in [1.54, 1.807) is 42.5 Å². The van der Waals surface area contributed by atoms with Gasteiger partial charge in [-0.1, -0.05) is 24.3 Å². The van der Waals surface area contributed by atoms with Crippen molar-refractivity contribution < 1.29 is 19.5 Å². The summed E-state index contributed by atoms with van der Waals surface area (Å²) in [6.45, 7) is 0. The second-order valence-corrected chi connectivity index (χ2v) is 4.59. The maximum Gasteiger partial charge on any atom is 0.267 e. The molecule has 0 bridgehead atoms. The normalized spacial score (nSPS) is 10.3. The molecule has 2 rings (SSSR count). The lowest BCUT2D eigenvalue weighted by molar-refractivity contribution is -0.124. The first-order chi connectivity index (χ1) is 11.1. The number of carbonyl (C=O) groups is 2. The molecule has 0 atom stereocenters. The van der Waals surface area contributed by atoms with Crippen LogP contribution >= 0.6 is 0 Å². The molecule has 2 aromatic carbocycles. The quantitative estimate of drug-likeness (QED) is 0.449. The van der Waals surface area contributed by atoms with Gasteiger partial charge in [-0.2, -0.15) is 0 Å². The fraction of sp³-hybridized carbons (Fsp3) is 0.0588. The Balaban J connectivity index is 2.16. The van der Waals surface area contributed by atoms with Crippen LogP contribution in [-0.2, 0) is 4.79 Å². The number of hydrogen-bond acceptors (Lipinski definition) is 4. The third-order valence-corrected chi connectivity index (χ3v) is 3.04. The molecule has 6 heteroatoms. The highest BCUT2D eigenvalue weighted by Crippen LogP contribution is 2.23. The number of carbonyl (C=O) groups excluding carboxylic acids is 2. The lowest BCUT2D eigenvalue weighted by Crippen LogP contribution is -2.15. The molecule has 0 aliphatic carbocycles.